The van der Waals surface area contributed by atoms with Crippen LogP contribution in [0.4, 0.5) is 18.9 Å². The SMILES string of the molecule is CC1(C)C(O)N(c2ccc(C#N)c(C(F)(F)F)c2)C(=S)N1Cc1cn(CCO)nn1. The molecule has 0 radical (unpaired) electrons. The van der Waals surface area contributed by atoms with E-state index in [0.29, 0.717) is 5.69 Å². The second-order valence-electron chi connectivity index (χ2n) is 7.30. The van der Waals surface area contributed by atoms with Crippen molar-refractivity contribution in [1.82, 2.24) is 19.9 Å². The Bertz CT molecular complexity index is 1000. The number of rotatable bonds is 5. The Balaban J connectivity index is 1.95. The van der Waals surface area contributed by atoms with Crippen molar-refractivity contribution in [3.8, 4) is 6.07 Å². The van der Waals surface area contributed by atoms with Crippen LogP contribution in [0.15, 0.2) is 24.4 Å². The molecule has 0 bridgehead atoms. The monoisotopic (exact) mass is 440 g/mol. The van der Waals surface area contributed by atoms with Gasteiger partial charge in [0.15, 0.2) is 11.3 Å². The van der Waals surface area contributed by atoms with E-state index in [0.717, 1.165) is 12.1 Å². The Hall–Kier alpha value is -2.75. The van der Waals surface area contributed by atoms with Gasteiger partial charge in [0.2, 0.25) is 0 Å². The van der Waals surface area contributed by atoms with Crippen LogP contribution in [-0.2, 0) is 19.3 Å². The first-order valence-corrected chi connectivity index (χ1v) is 9.31. The number of aliphatic hydroxyl groups is 2. The maximum atomic E-state index is 13.4. The van der Waals surface area contributed by atoms with Gasteiger partial charge in [-0.15, -0.1) is 5.10 Å². The summed E-state index contributed by atoms with van der Waals surface area (Å²) < 4.78 is 41.6. The molecule has 0 spiro atoms. The van der Waals surface area contributed by atoms with Gasteiger partial charge in [0.25, 0.3) is 0 Å². The fourth-order valence-corrected chi connectivity index (χ4v) is 3.76. The van der Waals surface area contributed by atoms with Gasteiger partial charge in [-0.05, 0) is 44.3 Å². The lowest BCUT2D eigenvalue weighted by atomic mass is 10.0. The van der Waals surface area contributed by atoms with E-state index in [1.807, 2.05) is 0 Å². The van der Waals surface area contributed by atoms with Crippen LogP contribution in [0.3, 0.4) is 0 Å². The third-order valence-electron chi connectivity index (χ3n) is 4.95. The lowest BCUT2D eigenvalue weighted by Gasteiger charge is -2.32. The highest BCUT2D eigenvalue weighted by molar-refractivity contribution is 7.80. The summed E-state index contributed by atoms with van der Waals surface area (Å²) in [5.74, 6) is 0. The molecule has 1 atom stereocenters. The molecule has 160 valence electrons. The number of alkyl halides is 3. The van der Waals surface area contributed by atoms with Gasteiger partial charge < -0.3 is 15.1 Å². The van der Waals surface area contributed by atoms with Crippen LogP contribution in [0.5, 0.6) is 0 Å². The number of nitriles is 1. The molecule has 2 N–H and O–H groups in total. The first-order chi connectivity index (χ1) is 14.0. The van der Waals surface area contributed by atoms with Crippen molar-refractivity contribution < 1.29 is 23.4 Å². The predicted octanol–water partition coefficient (Wildman–Crippen LogP) is 1.86. The molecule has 3 rings (SSSR count). The smallest absolute Gasteiger partial charge is 0.394 e. The molecule has 1 aliphatic heterocycles. The van der Waals surface area contributed by atoms with Gasteiger partial charge in [0.05, 0.1) is 48.6 Å². The number of hydrogen-bond donors (Lipinski definition) is 2. The second-order valence-corrected chi connectivity index (χ2v) is 7.67. The summed E-state index contributed by atoms with van der Waals surface area (Å²) >= 11 is 5.48. The van der Waals surface area contributed by atoms with E-state index in [2.05, 4.69) is 10.3 Å². The third kappa shape index (κ3) is 3.83. The number of halogens is 3. The van der Waals surface area contributed by atoms with Crippen LogP contribution < -0.4 is 4.90 Å². The number of thiocarbonyl (C=S) groups is 1. The first-order valence-electron chi connectivity index (χ1n) is 8.90. The van der Waals surface area contributed by atoms with E-state index in [-0.39, 0.29) is 30.5 Å². The predicted molar refractivity (Wildman–Crippen MR) is 104 cm³/mol. The molecule has 30 heavy (non-hydrogen) atoms. The molecule has 1 unspecified atom stereocenters. The van der Waals surface area contributed by atoms with Crippen molar-refractivity contribution in [2.45, 2.75) is 44.9 Å². The highest BCUT2D eigenvalue weighted by atomic mass is 32.1. The summed E-state index contributed by atoms with van der Waals surface area (Å²) in [4.78, 5) is 2.87. The summed E-state index contributed by atoms with van der Waals surface area (Å²) in [5.41, 5.74) is -2.02. The topological polar surface area (TPSA) is 101 Å². The van der Waals surface area contributed by atoms with Crippen LogP contribution in [0.1, 0.15) is 30.7 Å². The first kappa shape index (κ1) is 21.9. The Kier molecular flexibility index (Phi) is 5.72. The fraction of sp³-hybridized carbons (Fsp3) is 0.444. The molecule has 2 aromatic rings. The van der Waals surface area contributed by atoms with E-state index in [4.69, 9.17) is 22.6 Å². The van der Waals surface area contributed by atoms with E-state index in [1.165, 1.54) is 21.7 Å². The highest BCUT2D eigenvalue weighted by Crippen LogP contribution is 2.39. The summed E-state index contributed by atoms with van der Waals surface area (Å²) in [5, 5.41) is 36.9. The number of hydrogen-bond acceptors (Lipinski definition) is 6. The lowest BCUT2D eigenvalue weighted by Crippen LogP contribution is -2.46. The molecule has 0 saturated carbocycles. The van der Waals surface area contributed by atoms with E-state index in [9.17, 15) is 18.3 Å². The average molecular weight is 440 g/mol. The second kappa shape index (κ2) is 7.82. The molecule has 1 aliphatic rings. The Morgan fingerprint density at radius 1 is 1.33 bits per heavy atom. The summed E-state index contributed by atoms with van der Waals surface area (Å²) in [6.45, 7) is 3.73. The van der Waals surface area contributed by atoms with Crippen LogP contribution >= 0.6 is 12.2 Å². The standard InChI is InChI=1S/C18H19F3N6O2S/c1-17(2)15(29)27(13-4-3-11(8-22)14(7-13)18(19,20)21)16(30)26(17)10-12-9-25(5-6-28)24-23-12/h3-4,7,9,15,28-29H,5-6,10H2,1-2H3. The van der Waals surface area contributed by atoms with Crippen molar-refractivity contribution in [3.63, 3.8) is 0 Å². The molecule has 1 fully saturated rings. The minimum atomic E-state index is -4.73. The van der Waals surface area contributed by atoms with Crippen molar-refractivity contribution >= 4 is 23.0 Å². The van der Waals surface area contributed by atoms with Crippen molar-refractivity contribution in [3.05, 3.63) is 41.2 Å². The average Bonchev–Trinajstić information content (AvgIpc) is 3.18. The third-order valence-corrected chi connectivity index (χ3v) is 5.37. The zero-order valence-corrected chi connectivity index (χ0v) is 16.9. The van der Waals surface area contributed by atoms with Crippen molar-refractivity contribution in [2.24, 2.45) is 0 Å². The molecule has 8 nitrogen and oxygen atoms in total. The Morgan fingerprint density at radius 2 is 2.03 bits per heavy atom. The van der Waals surface area contributed by atoms with Gasteiger partial charge in [-0.2, -0.15) is 18.4 Å². The maximum Gasteiger partial charge on any atom is 0.417 e. The number of anilines is 1. The van der Waals surface area contributed by atoms with Gasteiger partial charge in [0, 0.05) is 5.69 Å². The normalized spacial score (nSPS) is 18.7. The van der Waals surface area contributed by atoms with Gasteiger partial charge in [-0.1, -0.05) is 5.21 Å². The molecule has 2 heterocycles. The van der Waals surface area contributed by atoms with Gasteiger partial charge in [0.1, 0.15) is 5.69 Å². The van der Waals surface area contributed by atoms with Gasteiger partial charge >= 0.3 is 6.18 Å². The van der Waals surface area contributed by atoms with E-state index < -0.39 is 29.1 Å². The highest BCUT2D eigenvalue weighted by Gasteiger charge is 2.49. The van der Waals surface area contributed by atoms with Crippen molar-refractivity contribution in [1.29, 1.82) is 5.26 Å². The van der Waals surface area contributed by atoms with Gasteiger partial charge in [-0.3, -0.25) is 4.90 Å². The minimum absolute atomic E-state index is 0.0262. The van der Waals surface area contributed by atoms with E-state index in [1.54, 1.807) is 24.9 Å². The Morgan fingerprint density at radius 3 is 2.63 bits per heavy atom. The number of nitrogens with zero attached hydrogens (tertiary/aromatic N) is 6. The maximum absolute atomic E-state index is 13.4. The molecule has 1 aromatic heterocycles. The molecule has 1 aromatic carbocycles. The Labute approximate surface area is 175 Å². The molecule has 12 heteroatoms. The molecule has 0 aliphatic carbocycles. The minimum Gasteiger partial charge on any atom is -0.394 e. The number of benzene rings is 1. The van der Waals surface area contributed by atoms with Crippen LogP contribution in [0.25, 0.3) is 0 Å². The van der Waals surface area contributed by atoms with Crippen LogP contribution in [-0.4, -0.2) is 53.6 Å². The van der Waals surface area contributed by atoms with E-state index >= 15 is 0 Å². The summed E-state index contributed by atoms with van der Waals surface area (Å²) in [6, 6.07) is 4.72. The quantitative estimate of drug-likeness (QED) is 0.680. The van der Waals surface area contributed by atoms with Gasteiger partial charge in [-0.25, -0.2) is 4.68 Å². The number of aliphatic hydroxyl groups excluding tert-OH is 2. The molecular weight excluding hydrogens is 421 g/mol. The lowest BCUT2D eigenvalue weighted by molar-refractivity contribution is -0.137. The largest absolute Gasteiger partial charge is 0.417 e. The van der Waals surface area contributed by atoms with Crippen molar-refractivity contribution in [2.75, 3.05) is 11.5 Å². The summed E-state index contributed by atoms with van der Waals surface area (Å²) in [6.07, 6.45) is -4.35. The summed E-state index contributed by atoms with van der Waals surface area (Å²) in [7, 11) is 0. The fourth-order valence-electron chi connectivity index (χ4n) is 3.26. The van der Waals surface area contributed by atoms with Crippen LogP contribution in [0.2, 0.25) is 0 Å². The molecule has 0 amide bonds. The van der Waals surface area contributed by atoms with Crippen LogP contribution in [0, 0.1) is 11.3 Å². The molecular formula is C18H19F3N6O2S. The zero-order chi connectivity index (χ0) is 22.3. The zero-order valence-electron chi connectivity index (χ0n) is 16.1. The number of aromatic nitrogens is 3. The molecule has 1 saturated heterocycles.